The van der Waals surface area contributed by atoms with Crippen molar-refractivity contribution in [2.75, 3.05) is 11.9 Å². The van der Waals surface area contributed by atoms with E-state index in [4.69, 9.17) is 0 Å². The standard InChI is InChI=1S/C28H33N5O3/c1-20(13-14-21-9-5-3-6-10-21)29-25(34)15-16-26(35)33-18-17-24-23(19-33)27(31-32(24)2)28(36)30-22-11-7-4-8-12-22/h3-12,20H,13-19H2,1-2H3,(H,29,34)(H,30,36)/t20-/m1/s1. The van der Waals surface area contributed by atoms with Gasteiger partial charge in [0.1, 0.15) is 0 Å². The van der Waals surface area contributed by atoms with Crippen LogP contribution in [-0.2, 0) is 36.0 Å². The van der Waals surface area contributed by atoms with Crippen LogP contribution in [0.1, 0.15) is 53.5 Å². The molecule has 1 atom stereocenters. The van der Waals surface area contributed by atoms with Gasteiger partial charge in [0.15, 0.2) is 5.69 Å². The second kappa shape index (κ2) is 11.7. The first-order valence-corrected chi connectivity index (χ1v) is 12.4. The Labute approximate surface area is 211 Å². The summed E-state index contributed by atoms with van der Waals surface area (Å²) in [4.78, 5) is 39.9. The summed E-state index contributed by atoms with van der Waals surface area (Å²) in [6, 6.07) is 19.4. The maximum absolute atomic E-state index is 12.9. The number of carbonyl (C=O) groups is 3. The highest BCUT2D eigenvalue weighted by Crippen LogP contribution is 2.24. The number of para-hydroxylation sites is 1. The van der Waals surface area contributed by atoms with Gasteiger partial charge in [0.2, 0.25) is 11.8 Å². The highest BCUT2D eigenvalue weighted by atomic mass is 16.2. The van der Waals surface area contributed by atoms with Crippen LogP contribution in [0.4, 0.5) is 5.69 Å². The van der Waals surface area contributed by atoms with Crippen LogP contribution in [0.5, 0.6) is 0 Å². The number of anilines is 1. The quantitative estimate of drug-likeness (QED) is 0.483. The van der Waals surface area contributed by atoms with Gasteiger partial charge in [-0.3, -0.25) is 19.1 Å². The van der Waals surface area contributed by atoms with Crippen molar-refractivity contribution < 1.29 is 14.4 Å². The van der Waals surface area contributed by atoms with Gasteiger partial charge in [-0.1, -0.05) is 48.5 Å². The average Bonchev–Trinajstić information content (AvgIpc) is 3.23. The van der Waals surface area contributed by atoms with E-state index in [0.717, 1.165) is 24.1 Å². The summed E-state index contributed by atoms with van der Waals surface area (Å²) in [6.45, 7) is 2.84. The third kappa shape index (κ3) is 6.38. The molecule has 0 saturated heterocycles. The van der Waals surface area contributed by atoms with Gasteiger partial charge in [-0.15, -0.1) is 0 Å². The van der Waals surface area contributed by atoms with Crippen molar-refractivity contribution in [2.24, 2.45) is 7.05 Å². The lowest BCUT2D eigenvalue weighted by molar-refractivity contribution is -0.134. The molecule has 0 saturated carbocycles. The molecule has 1 aromatic heterocycles. The molecule has 8 heteroatoms. The van der Waals surface area contributed by atoms with E-state index in [2.05, 4.69) is 27.9 Å². The Morgan fingerprint density at radius 2 is 1.69 bits per heavy atom. The summed E-state index contributed by atoms with van der Waals surface area (Å²) in [5.74, 6) is -0.506. The molecule has 2 heterocycles. The third-order valence-corrected chi connectivity index (χ3v) is 6.52. The zero-order valence-corrected chi connectivity index (χ0v) is 20.9. The molecule has 2 N–H and O–H groups in total. The molecular formula is C28H33N5O3. The van der Waals surface area contributed by atoms with Crippen LogP contribution < -0.4 is 10.6 Å². The van der Waals surface area contributed by atoms with Gasteiger partial charge in [-0.2, -0.15) is 5.10 Å². The van der Waals surface area contributed by atoms with Crippen LogP contribution in [0.15, 0.2) is 60.7 Å². The number of aromatic nitrogens is 2. The van der Waals surface area contributed by atoms with Crippen molar-refractivity contribution in [1.29, 1.82) is 0 Å². The van der Waals surface area contributed by atoms with Crippen LogP contribution in [0, 0.1) is 0 Å². The van der Waals surface area contributed by atoms with Gasteiger partial charge in [0, 0.05) is 62.4 Å². The predicted molar refractivity (Wildman–Crippen MR) is 138 cm³/mol. The fourth-order valence-electron chi connectivity index (χ4n) is 4.53. The molecule has 0 aliphatic carbocycles. The number of fused-ring (bicyclic) bond motifs is 1. The Bertz CT molecular complexity index is 1210. The van der Waals surface area contributed by atoms with Crippen LogP contribution in [0.25, 0.3) is 0 Å². The summed E-state index contributed by atoms with van der Waals surface area (Å²) in [5, 5.41) is 10.3. The maximum Gasteiger partial charge on any atom is 0.276 e. The summed E-state index contributed by atoms with van der Waals surface area (Å²) >= 11 is 0. The molecule has 1 aliphatic heterocycles. The normalized spacial score (nSPS) is 13.6. The minimum Gasteiger partial charge on any atom is -0.354 e. The number of benzene rings is 2. The summed E-state index contributed by atoms with van der Waals surface area (Å²) in [6.07, 6.45) is 2.63. The summed E-state index contributed by atoms with van der Waals surface area (Å²) in [7, 11) is 1.82. The maximum atomic E-state index is 12.9. The van der Waals surface area contributed by atoms with Crippen LogP contribution in [-0.4, -0.2) is 45.0 Å². The van der Waals surface area contributed by atoms with E-state index in [9.17, 15) is 14.4 Å². The zero-order chi connectivity index (χ0) is 25.5. The van der Waals surface area contributed by atoms with E-state index in [1.54, 1.807) is 9.58 Å². The molecule has 8 nitrogen and oxygen atoms in total. The monoisotopic (exact) mass is 487 g/mol. The smallest absolute Gasteiger partial charge is 0.276 e. The number of hydrogen-bond acceptors (Lipinski definition) is 4. The molecule has 1 aliphatic rings. The largest absolute Gasteiger partial charge is 0.354 e. The zero-order valence-electron chi connectivity index (χ0n) is 20.9. The fourth-order valence-corrected chi connectivity index (χ4v) is 4.53. The molecule has 3 amide bonds. The van der Waals surface area contributed by atoms with E-state index >= 15 is 0 Å². The third-order valence-electron chi connectivity index (χ3n) is 6.52. The highest BCUT2D eigenvalue weighted by molar-refractivity contribution is 6.04. The first-order valence-electron chi connectivity index (χ1n) is 12.4. The van der Waals surface area contributed by atoms with E-state index in [-0.39, 0.29) is 36.6 Å². The molecule has 2 aromatic carbocycles. The lowest BCUT2D eigenvalue weighted by Crippen LogP contribution is -2.38. The number of aryl methyl sites for hydroxylation is 2. The fraction of sp³-hybridized carbons (Fsp3) is 0.357. The molecule has 0 radical (unpaired) electrons. The second-order valence-electron chi connectivity index (χ2n) is 9.28. The van der Waals surface area contributed by atoms with Gasteiger partial charge in [0.05, 0.1) is 0 Å². The van der Waals surface area contributed by atoms with Crippen molar-refractivity contribution in [3.63, 3.8) is 0 Å². The van der Waals surface area contributed by atoms with E-state index in [1.165, 1.54) is 5.56 Å². The van der Waals surface area contributed by atoms with Crippen LogP contribution >= 0.6 is 0 Å². The van der Waals surface area contributed by atoms with Crippen molar-refractivity contribution >= 4 is 23.4 Å². The van der Waals surface area contributed by atoms with E-state index in [0.29, 0.717) is 30.9 Å². The van der Waals surface area contributed by atoms with Gasteiger partial charge in [0.25, 0.3) is 5.91 Å². The molecule has 36 heavy (non-hydrogen) atoms. The Kier molecular flexibility index (Phi) is 8.15. The molecule has 0 spiro atoms. The van der Waals surface area contributed by atoms with Gasteiger partial charge >= 0.3 is 0 Å². The highest BCUT2D eigenvalue weighted by Gasteiger charge is 2.29. The Morgan fingerprint density at radius 3 is 2.42 bits per heavy atom. The predicted octanol–water partition coefficient (Wildman–Crippen LogP) is 3.47. The Morgan fingerprint density at radius 1 is 1.00 bits per heavy atom. The van der Waals surface area contributed by atoms with Crippen LogP contribution in [0.2, 0.25) is 0 Å². The molecular weight excluding hydrogens is 454 g/mol. The molecule has 0 fully saturated rings. The van der Waals surface area contributed by atoms with Crippen molar-refractivity contribution in [2.45, 2.75) is 51.6 Å². The van der Waals surface area contributed by atoms with Crippen LogP contribution in [0.3, 0.4) is 0 Å². The van der Waals surface area contributed by atoms with Crippen molar-refractivity contribution in [3.8, 4) is 0 Å². The molecule has 4 rings (SSSR count). The molecule has 0 unspecified atom stereocenters. The van der Waals surface area contributed by atoms with Crippen molar-refractivity contribution in [1.82, 2.24) is 20.0 Å². The molecule has 188 valence electrons. The van der Waals surface area contributed by atoms with Gasteiger partial charge < -0.3 is 15.5 Å². The van der Waals surface area contributed by atoms with Crippen molar-refractivity contribution in [3.05, 3.63) is 83.2 Å². The lowest BCUT2D eigenvalue weighted by atomic mass is 10.0. The first kappa shape index (κ1) is 25.2. The second-order valence-corrected chi connectivity index (χ2v) is 9.28. The molecule has 0 bridgehead atoms. The number of rotatable bonds is 9. The SMILES string of the molecule is C[C@H](CCc1ccccc1)NC(=O)CCC(=O)N1CCc2c(c(C(=O)Nc3ccccc3)nn2C)C1. The number of hydrogen-bond donors (Lipinski definition) is 2. The van der Waals surface area contributed by atoms with Gasteiger partial charge in [-0.25, -0.2) is 0 Å². The molecule has 3 aromatic rings. The number of nitrogens with zero attached hydrogens (tertiary/aromatic N) is 3. The lowest BCUT2D eigenvalue weighted by Gasteiger charge is -2.27. The first-order chi connectivity index (χ1) is 17.4. The average molecular weight is 488 g/mol. The topological polar surface area (TPSA) is 96.3 Å². The minimum absolute atomic E-state index is 0.0337. The Balaban J connectivity index is 1.28. The minimum atomic E-state index is -0.295. The van der Waals surface area contributed by atoms with E-state index in [1.807, 2.05) is 62.5 Å². The van der Waals surface area contributed by atoms with Gasteiger partial charge in [-0.05, 0) is 37.5 Å². The Hall–Kier alpha value is -3.94. The summed E-state index contributed by atoms with van der Waals surface area (Å²) < 4.78 is 1.72. The number of carbonyl (C=O) groups excluding carboxylic acids is 3. The van der Waals surface area contributed by atoms with E-state index < -0.39 is 0 Å². The number of amides is 3. The summed E-state index contributed by atoms with van der Waals surface area (Å²) in [5.41, 5.74) is 3.99. The number of nitrogens with one attached hydrogen (secondary N) is 2.